The number of amides is 1. The number of aliphatic hydroxyl groups is 2. The van der Waals surface area contributed by atoms with E-state index in [1.807, 2.05) is 0 Å². The number of hydrogen-bond acceptors (Lipinski definition) is 3. The second-order valence-corrected chi connectivity index (χ2v) is 16.2. The van der Waals surface area contributed by atoms with E-state index in [-0.39, 0.29) is 12.5 Å². The summed E-state index contributed by atoms with van der Waals surface area (Å²) in [5.74, 6) is -0.0269. The molecule has 0 aromatic rings. The summed E-state index contributed by atoms with van der Waals surface area (Å²) in [6, 6.07) is -0.528. The third kappa shape index (κ3) is 38.6. The number of hydrogen-bond donors (Lipinski definition) is 3. The minimum atomic E-state index is -0.651. The molecular formula is C46H93NO3. The van der Waals surface area contributed by atoms with E-state index in [0.717, 1.165) is 25.7 Å². The first kappa shape index (κ1) is 49.4. The van der Waals surface area contributed by atoms with E-state index in [1.54, 1.807) is 0 Å². The molecule has 0 spiro atoms. The monoisotopic (exact) mass is 708 g/mol. The van der Waals surface area contributed by atoms with Crippen LogP contribution in [0.1, 0.15) is 271 Å². The maximum absolute atomic E-state index is 12.4. The van der Waals surface area contributed by atoms with Crippen LogP contribution >= 0.6 is 0 Å². The summed E-state index contributed by atoms with van der Waals surface area (Å²) >= 11 is 0. The molecule has 0 aliphatic rings. The van der Waals surface area contributed by atoms with Gasteiger partial charge in [0.2, 0.25) is 5.91 Å². The zero-order valence-corrected chi connectivity index (χ0v) is 34.4. The number of carbonyl (C=O) groups is 1. The fourth-order valence-electron chi connectivity index (χ4n) is 7.54. The highest BCUT2D eigenvalue weighted by Crippen LogP contribution is 2.17. The lowest BCUT2D eigenvalue weighted by Gasteiger charge is -2.22. The van der Waals surface area contributed by atoms with Crippen molar-refractivity contribution in [3.8, 4) is 0 Å². The molecule has 0 unspecified atom stereocenters. The van der Waals surface area contributed by atoms with Gasteiger partial charge in [0, 0.05) is 6.42 Å². The average molecular weight is 708 g/mol. The van der Waals surface area contributed by atoms with Crippen LogP contribution in [0, 0.1) is 0 Å². The minimum absolute atomic E-state index is 0.0269. The molecule has 0 aromatic heterocycles. The predicted molar refractivity (Wildman–Crippen MR) is 221 cm³/mol. The first-order chi connectivity index (χ1) is 24.7. The molecule has 0 fully saturated rings. The van der Waals surface area contributed by atoms with Gasteiger partial charge in [-0.2, -0.15) is 0 Å². The lowest BCUT2D eigenvalue weighted by atomic mass is 10.0. The van der Waals surface area contributed by atoms with Crippen molar-refractivity contribution in [3.05, 3.63) is 0 Å². The molecule has 0 heterocycles. The summed E-state index contributed by atoms with van der Waals surface area (Å²) in [5.41, 5.74) is 0. The summed E-state index contributed by atoms with van der Waals surface area (Å²) in [5, 5.41) is 23.1. The molecule has 1 amide bonds. The van der Waals surface area contributed by atoms with Gasteiger partial charge < -0.3 is 15.5 Å². The second kappa shape index (κ2) is 42.8. The van der Waals surface area contributed by atoms with Crippen molar-refractivity contribution in [1.82, 2.24) is 5.32 Å². The average Bonchev–Trinajstić information content (AvgIpc) is 3.12. The van der Waals surface area contributed by atoms with Gasteiger partial charge in [-0.25, -0.2) is 0 Å². The van der Waals surface area contributed by atoms with Gasteiger partial charge in [-0.1, -0.05) is 251 Å². The van der Waals surface area contributed by atoms with Gasteiger partial charge in [-0.15, -0.1) is 0 Å². The van der Waals surface area contributed by atoms with Crippen molar-refractivity contribution in [2.45, 2.75) is 283 Å². The topological polar surface area (TPSA) is 69.6 Å². The summed E-state index contributed by atoms with van der Waals surface area (Å²) < 4.78 is 0. The smallest absolute Gasteiger partial charge is 0.220 e. The van der Waals surface area contributed by atoms with E-state index in [0.29, 0.717) is 12.8 Å². The quantitative estimate of drug-likeness (QED) is 0.0553. The Morgan fingerprint density at radius 3 is 0.900 bits per heavy atom. The summed E-state index contributed by atoms with van der Waals surface area (Å²) in [4.78, 5) is 12.4. The van der Waals surface area contributed by atoms with Crippen LogP contribution in [-0.4, -0.2) is 34.9 Å². The molecule has 300 valence electrons. The molecule has 0 saturated heterocycles. The van der Waals surface area contributed by atoms with E-state index in [1.165, 1.54) is 218 Å². The Balaban J connectivity index is 3.36. The molecule has 0 bridgehead atoms. The molecule has 3 N–H and O–H groups in total. The summed E-state index contributed by atoms with van der Waals surface area (Å²) in [7, 11) is 0. The Kier molecular flexibility index (Phi) is 42.3. The predicted octanol–water partition coefficient (Wildman–Crippen LogP) is 14.5. The number of rotatable bonds is 43. The van der Waals surface area contributed by atoms with Crippen LogP contribution in [0.15, 0.2) is 0 Å². The van der Waals surface area contributed by atoms with Crippen LogP contribution in [-0.2, 0) is 4.79 Å². The van der Waals surface area contributed by atoms with Gasteiger partial charge in [0.15, 0.2) is 0 Å². The van der Waals surface area contributed by atoms with Gasteiger partial charge >= 0.3 is 0 Å². The van der Waals surface area contributed by atoms with Gasteiger partial charge in [0.1, 0.15) is 0 Å². The Hall–Kier alpha value is -0.610. The summed E-state index contributed by atoms with van der Waals surface area (Å²) in [6.07, 6.45) is 52.1. The minimum Gasteiger partial charge on any atom is -0.394 e. The highest BCUT2D eigenvalue weighted by atomic mass is 16.3. The Labute approximate surface area is 314 Å². The lowest BCUT2D eigenvalue weighted by Crippen LogP contribution is -2.45. The largest absolute Gasteiger partial charge is 0.394 e. The van der Waals surface area contributed by atoms with Gasteiger partial charge in [0.05, 0.1) is 18.8 Å². The van der Waals surface area contributed by atoms with Crippen LogP contribution in [0.5, 0.6) is 0 Å². The van der Waals surface area contributed by atoms with Crippen molar-refractivity contribution in [2.75, 3.05) is 6.61 Å². The zero-order valence-electron chi connectivity index (χ0n) is 34.4. The van der Waals surface area contributed by atoms with Gasteiger partial charge in [-0.3, -0.25) is 4.79 Å². The molecule has 0 rings (SSSR count). The number of aliphatic hydroxyl groups excluding tert-OH is 2. The first-order valence-corrected chi connectivity index (χ1v) is 23.2. The van der Waals surface area contributed by atoms with Crippen molar-refractivity contribution in [2.24, 2.45) is 0 Å². The van der Waals surface area contributed by atoms with Crippen LogP contribution in [0.2, 0.25) is 0 Å². The third-order valence-electron chi connectivity index (χ3n) is 11.1. The van der Waals surface area contributed by atoms with Crippen LogP contribution in [0.25, 0.3) is 0 Å². The standard InChI is InChI=1S/C46H93NO3/c1-3-5-7-9-11-13-15-16-17-18-19-20-21-22-23-24-25-26-27-28-29-30-31-32-34-36-38-40-42-46(50)47-44(43-48)45(49)41-39-37-35-33-14-12-10-8-6-4-2/h44-45,48-49H,3-43H2,1-2H3,(H,47,50)/t44-,45+/m0/s1. The maximum Gasteiger partial charge on any atom is 0.220 e. The van der Waals surface area contributed by atoms with E-state index in [2.05, 4.69) is 19.2 Å². The first-order valence-electron chi connectivity index (χ1n) is 23.2. The van der Waals surface area contributed by atoms with Crippen LogP contribution in [0.4, 0.5) is 0 Å². The number of carbonyl (C=O) groups excluding carboxylic acids is 1. The number of nitrogens with one attached hydrogen (secondary N) is 1. The molecule has 0 radical (unpaired) electrons. The SMILES string of the molecule is CCCCCCCCCCCCCCCCCCCCCCCCCCCCCCC(=O)N[C@@H](CO)[C@H](O)CCCCCCCCCCCC. The fourth-order valence-corrected chi connectivity index (χ4v) is 7.54. The highest BCUT2D eigenvalue weighted by Gasteiger charge is 2.20. The van der Waals surface area contributed by atoms with Crippen LogP contribution < -0.4 is 5.32 Å². The van der Waals surface area contributed by atoms with Crippen molar-refractivity contribution >= 4 is 5.91 Å². The normalized spacial score (nSPS) is 12.8. The molecule has 0 aromatic carbocycles. The van der Waals surface area contributed by atoms with Gasteiger partial charge in [0.25, 0.3) is 0 Å². The summed E-state index contributed by atoms with van der Waals surface area (Å²) in [6.45, 7) is 4.37. The highest BCUT2D eigenvalue weighted by molar-refractivity contribution is 5.76. The third-order valence-corrected chi connectivity index (χ3v) is 11.1. The van der Waals surface area contributed by atoms with Crippen molar-refractivity contribution in [3.63, 3.8) is 0 Å². The Morgan fingerprint density at radius 2 is 0.640 bits per heavy atom. The Morgan fingerprint density at radius 1 is 0.400 bits per heavy atom. The molecule has 4 heteroatoms. The second-order valence-electron chi connectivity index (χ2n) is 16.2. The van der Waals surface area contributed by atoms with E-state index >= 15 is 0 Å². The maximum atomic E-state index is 12.4. The molecule has 50 heavy (non-hydrogen) atoms. The van der Waals surface area contributed by atoms with Crippen molar-refractivity contribution in [1.29, 1.82) is 0 Å². The van der Waals surface area contributed by atoms with E-state index < -0.39 is 12.1 Å². The number of unbranched alkanes of at least 4 members (excludes halogenated alkanes) is 36. The Bertz CT molecular complexity index is 641. The fraction of sp³-hybridized carbons (Fsp3) is 0.978. The van der Waals surface area contributed by atoms with Crippen molar-refractivity contribution < 1.29 is 15.0 Å². The van der Waals surface area contributed by atoms with Gasteiger partial charge in [-0.05, 0) is 12.8 Å². The molecule has 0 aliphatic heterocycles. The van der Waals surface area contributed by atoms with E-state index in [4.69, 9.17) is 0 Å². The van der Waals surface area contributed by atoms with Crippen LogP contribution in [0.3, 0.4) is 0 Å². The molecule has 0 saturated carbocycles. The van der Waals surface area contributed by atoms with E-state index in [9.17, 15) is 15.0 Å². The molecular weight excluding hydrogens is 615 g/mol. The molecule has 4 nitrogen and oxygen atoms in total. The zero-order chi connectivity index (χ0) is 36.4. The molecule has 2 atom stereocenters. The lowest BCUT2D eigenvalue weighted by molar-refractivity contribution is -0.123. The molecule has 0 aliphatic carbocycles.